The Morgan fingerprint density at radius 3 is 2.67 bits per heavy atom. The Balaban J connectivity index is 2.01. The molecule has 1 atom stereocenters. The molecule has 4 N–H and O–H groups in total. The lowest BCUT2D eigenvalue weighted by atomic mass is 10.1. The van der Waals surface area contributed by atoms with Gasteiger partial charge in [-0.2, -0.15) is 0 Å². The monoisotopic (exact) mass is 303 g/mol. The zero-order valence-electron chi connectivity index (χ0n) is 11.6. The molecule has 0 saturated carbocycles. The average molecular weight is 303 g/mol. The average Bonchev–Trinajstić information content (AvgIpc) is 2.94. The van der Waals surface area contributed by atoms with Crippen LogP contribution in [0.25, 0.3) is 0 Å². The van der Waals surface area contributed by atoms with Gasteiger partial charge < -0.3 is 16.4 Å². The molecule has 0 bridgehead atoms. The summed E-state index contributed by atoms with van der Waals surface area (Å²) in [5.74, 6) is -0.434. The van der Waals surface area contributed by atoms with Crippen molar-refractivity contribution in [2.75, 3.05) is 5.32 Å². The van der Waals surface area contributed by atoms with Crippen LogP contribution < -0.4 is 16.4 Å². The molecule has 5 nitrogen and oxygen atoms in total. The minimum Gasteiger partial charge on any atom is -0.369 e. The van der Waals surface area contributed by atoms with E-state index in [1.165, 1.54) is 0 Å². The molecule has 0 spiro atoms. The van der Waals surface area contributed by atoms with Crippen molar-refractivity contribution in [2.24, 2.45) is 5.73 Å². The molecule has 1 unspecified atom stereocenters. The number of anilines is 1. The normalized spacial score (nSPS) is 11.7. The Morgan fingerprint density at radius 2 is 2.00 bits per heavy atom. The molecule has 0 saturated heterocycles. The fourth-order valence-corrected chi connectivity index (χ4v) is 2.68. The summed E-state index contributed by atoms with van der Waals surface area (Å²) in [5.41, 5.74) is 6.49. The van der Waals surface area contributed by atoms with Crippen LogP contribution in [0.1, 0.15) is 23.4 Å². The number of hydrogen-bond donors (Lipinski definition) is 3. The van der Waals surface area contributed by atoms with Crippen LogP contribution in [0.3, 0.4) is 0 Å². The Labute approximate surface area is 127 Å². The number of thiophene rings is 1. The van der Waals surface area contributed by atoms with Crippen LogP contribution >= 0.6 is 11.3 Å². The molecule has 21 heavy (non-hydrogen) atoms. The predicted octanol–water partition coefficient (Wildman–Crippen LogP) is 2.66. The van der Waals surface area contributed by atoms with Gasteiger partial charge in [-0.1, -0.05) is 24.3 Å². The van der Waals surface area contributed by atoms with Crippen molar-refractivity contribution < 1.29 is 9.59 Å². The number of rotatable bonds is 5. The molecule has 1 heterocycles. The van der Waals surface area contributed by atoms with Crippen molar-refractivity contribution in [2.45, 2.75) is 19.4 Å². The van der Waals surface area contributed by atoms with Gasteiger partial charge in [-0.25, -0.2) is 4.79 Å². The highest BCUT2D eigenvalue weighted by Gasteiger charge is 2.12. The van der Waals surface area contributed by atoms with Crippen LogP contribution in [-0.4, -0.2) is 11.9 Å². The summed E-state index contributed by atoms with van der Waals surface area (Å²) in [4.78, 5) is 24.1. The standard InChI is InChI=1S/C15H17N3O2S/c1-10(13-7-4-8-21-13)17-15(20)18-12-6-3-2-5-11(12)9-14(16)19/h2-8,10H,9H2,1H3,(H2,16,19)(H2,17,18,20). The van der Waals surface area contributed by atoms with Gasteiger partial charge in [-0.15, -0.1) is 11.3 Å². The molecule has 0 fully saturated rings. The van der Waals surface area contributed by atoms with Gasteiger partial charge in [-0.3, -0.25) is 4.79 Å². The van der Waals surface area contributed by atoms with Crippen molar-refractivity contribution in [1.29, 1.82) is 0 Å². The maximum Gasteiger partial charge on any atom is 0.319 e. The van der Waals surface area contributed by atoms with E-state index in [-0.39, 0.29) is 18.5 Å². The summed E-state index contributed by atoms with van der Waals surface area (Å²) < 4.78 is 0. The summed E-state index contributed by atoms with van der Waals surface area (Å²) in [6.07, 6.45) is 0.0942. The van der Waals surface area contributed by atoms with Crippen LogP contribution in [0.15, 0.2) is 41.8 Å². The number of nitrogens with one attached hydrogen (secondary N) is 2. The topological polar surface area (TPSA) is 84.2 Å². The molecular formula is C15H17N3O2S. The van der Waals surface area contributed by atoms with Crippen LogP contribution in [0.4, 0.5) is 10.5 Å². The van der Waals surface area contributed by atoms with Gasteiger partial charge in [0.1, 0.15) is 0 Å². The second kappa shape index (κ2) is 6.90. The molecule has 0 radical (unpaired) electrons. The first-order valence-electron chi connectivity index (χ1n) is 6.53. The number of para-hydroxylation sites is 1. The molecule has 0 aliphatic carbocycles. The number of urea groups is 1. The van der Waals surface area contributed by atoms with E-state index in [0.717, 1.165) is 4.88 Å². The van der Waals surface area contributed by atoms with E-state index in [9.17, 15) is 9.59 Å². The number of carbonyl (C=O) groups excluding carboxylic acids is 2. The van der Waals surface area contributed by atoms with Gasteiger partial charge in [0, 0.05) is 10.6 Å². The first kappa shape index (κ1) is 15.1. The second-order valence-electron chi connectivity index (χ2n) is 4.64. The number of benzene rings is 1. The SMILES string of the molecule is CC(NC(=O)Nc1ccccc1CC(N)=O)c1cccs1. The fraction of sp³-hybridized carbons (Fsp3) is 0.200. The maximum atomic E-state index is 12.0. The Kier molecular flexibility index (Phi) is 4.94. The highest BCUT2D eigenvalue weighted by Crippen LogP contribution is 2.19. The first-order valence-corrected chi connectivity index (χ1v) is 7.41. The highest BCUT2D eigenvalue weighted by atomic mass is 32.1. The van der Waals surface area contributed by atoms with Crippen LogP contribution in [0.2, 0.25) is 0 Å². The van der Waals surface area contributed by atoms with Gasteiger partial charge >= 0.3 is 6.03 Å². The molecule has 1 aromatic carbocycles. The molecular weight excluding hydrogens is 286 g/mol. The van der Waals surface area contributed by atoms with E-state index in [1.54, 1.807) is 35.6 Å². The Hall–Kier alpha value is -2.34. The van der Waals surface area contributed by atoms with Gasteiger partial charge in [0.25, 0.3) is 0 Å². The first-order chi connectivity index (χ1) is 10.1. The van der Waals surface area contributed by atoms with Crippen LogP contribution in [0.5, 0.6) is 0 Å². The van der Waals surface area contributed by atoms with Crippen molar-refractivity contribution in [3.63, 3.8) is 0 Å². The van der Waals surface area contributed by atoms with Gasteiger partial charge in [0.15, 0.2) is 0 Å². The number of primary amides is 1. The van der Waals surface area contributed by atoms with Gasteiger partial charge in [0.05, 0.1) is 12.5 Å². The van der Waals surface area contributed by atoms with E-state index < -0.39 is 5.91 Å². The zero-order chi connectivity index (χ0) is 15.2. The molecule has 3 amide bonds. The largest absolute Gasteiger partial charge is 0.369 e. The molecule has 110 valence electrons. The Morgan fingerprint density at radius 1 is 1.24 bits per heavy atom. The Bertz CT molecular complexity index is 626. The second-order valence-corrected chi connectivity index (χ2v) is 5.62. The van der Waals surface area contributed by atoms with Crippen molar-refractivity contribution in [1.82, 2.24) is 5.32 Å². The predicted molar refractivity (Wildman–Crippen MR) is 84.2 cm³/mol. The molecule has 1 aromatic heterocycles. The summed E-state index contributed by atoms with van der Waals surface area (Å²) >= 11 is 1.59. The smallest absolute Gasteiger partial charge is 0.319 e. The maximum absolute atomic E-state index is 12.0. The van der Waals surface area contributed by atoms with E-state index >= 15 is 0 Å². The quantitative estimate of drug-likeness (QED) is 0.793. The molecule has 0 aliphatic heterocycles. The van der Waals surface area contributed by atoms with E-state index in [2.05, 4.69) is 10.6 Å². The third-order valence-electron chi connectivity index (χ3n) is 2.95. The summed E-state index contributed by atoms with van der Waals surface area (Å²) in [6.45, 7) is 1.92. The van der Waals surface area contributed by atoms with E-state index in [4.69, 9.17) is 5.73 Å². The minimum absolute atomic E-state index is 0.0756. The molecule has 0 aliphatic rings. The van der Waals surface area contributed by atoms with Gasteiger partial charge in [-0.05, 0) is 30.0 Å². The minimum atomic E-state index is -0.434. The number of carbonyl (C=O) groups is 2. The molecule has 2 aromatic rings. The lowest BCUT2D eigenvalue weighted by molar-refractivity contribution is -0.117. The third kappa shape index (κ3) is 4.32. The summed E-state index contributed by atoms with van der Waals surface area (Å²) in [5, 5.41) is 7.58. The number of nitrogens with two attached hydrogens (primary N) is 1. The van der Waals surface area contributed by atoms with Crippen LogP contribution in [-0.2, 0) is 11.2 Å². The lowest BCUT2D eigenvalue weighted by Crippen LogP contribution is -2.31. The third-order valence-corrected chi connectivity index (χ3v) is 4.00. The zero-order valence-corrected chi connectivity index (χ0v) is 12.4. The van der Waals surface area contributed by atoms with Crippen molar-refractivity contribution in [3.8, 4) is 0 Å². The summed E-state index contributed by atoms with van der Waals surface area (Å²) in [7, 11) is 0. The van der Waals surface area contributed by atoms with Gasteiger partial charge in [0.2, 0.25) is 5.91 Å². The molecule has 2 rings (SSSR count). The number of amides is 3. The fourth-order valence-electron chi connectivity index (χ4n) is 1.95. The van der Waals surface area contributed by atoms with E-state index in [0.29, 0.717) is 11.3 Å². The number of hydrogen-bond acceptors (Lipinski definition) is 3. The lowest BCUT2D eigenvalue weighted by Gasteiger charge is -2.15. The van der Waals surface area contributed by atoms with E-state index in [1.807, 2.05) is 24.4 Å². The molecule has 6 heteroatoms. The van der Waals surface area contributed by atoms with Crippen molar-refractivity contribution >= 4 is 29.0 Å². The highest BCUT2D eigenvalue weighted by molar-refractivity contribution is 7.10. The summed E-state index contributed by atoms with van der Waals surface area (Å²) in [6, 6.07) is 10.6. The van der Waals surface area contributed by atoms with Crippen molar-refractivity contribution in [3.05, 3.63) is 52.2 Å². The van der Waals surface area contributed by atoms with Crippen LogP contribution in [0, 0.1) is 0 Å².